The third kappa shape index (κ3) is 2.46. The lowest BCUT2D eigenvalue weighted by Gasteiger charge is -2.11. The molecule has 2 aromatic carbocycles. The van der Waals surface area contributed by atoms with Gasteiger partial charge in [-0.3, -0.25) is 4.98 Å². The van der Waals surface area contributed by atoms with Crippen LogP contribution in [0.15, 0.2) is 36.5 Å². The number of fused-ring (bicyclic) bond motifs is 1. The van der Waals surface area contributed by atoms with Crippen molar-refractivity contribution in [2.24, 2.45) is 0 Å². The van der Waals surface area contributed by atoms with E-state index in [0.29, 0.717) is 15.9 Å². The number of ether oxygens (including phenoxy) is 1. The molecule has 0 atom stereocenters. The van der Waals surface area contributed by atoms with Crippen LogP contribution in [0.2, 0.25) is 5.02 Å². The van der Waals surface area contributed by atoms with Crippen LogP contribution >= 0.6 is 11.6 Å². The van der Waals surface area contributed by atoms with Crippen LogP contribution in [0.1, 0.15) is 0 Å². The maximum atomic E-state index is 13.6. The summed E-state index contributed by atoms with van der Waals surface area (Å²) in [6, 6.07) is 5.99. The van der Waals surface area contributed by atoms with Gasteiger partial charge in [-0.25, -0.2) is 8.78 Å². The molecule has 0 spiro atoms. The van der Waals surface area contributed by atoms with Crippen molar-refractivity contribution in [2.45, 2.75) is 0 Å². The molecule has 0 bridgehead atoms. The normalized spacial score (nSPS) is 11.0. The van der Waals surface area contributed by atoms with Gasteiger partial charge in [0.15, 0.2) is 11.6 Å². The van der Waals surface area contributed by atoms with Gasteiger partial charge in [0.2, 0.25) is 17.4 Å². The maximum absolute atomic E-state index is 13.6. The van der Waals surface area contributed by atoms with Gasteiger partial charge in [-0.15, -0.1) is 0 Å². The number of pyridine rings is 1. The Hall–Kier alpha value is -2.34. The maximum Gasteiger partial charge on any atom is 0.204 e. The van der Waals surface area contributed by atoms with Crippen molar-refractivity contribution in [2.75, 3.05) is 0 Å². The van der Waals surface area contributed by atoms with E-state index in [0.717, 1.165) is 0 Å². The summed E-state index contributed by atoms with van der Waals surface area (Å²) in [6.45, 7) is 0. The SMILES string of the molecule is Fc1cc(F)c(F)c(Oc2ccnc3cc(Cl)ccc23)c1F. The quantitative estimate of drug-likeness (QED) is 0.474. The van der Waals surface area contributed by atoms with Crippen LogP contribution in [0.4, 0.5) is 17.6 Å². The Bertz CT molecular complexity index is 859. The molecule has 112 valence electrons. The van der Waals surface area contributed by atoms with E-state index in [-0.39, 0.29) is 11.8 Å². The number of benzene rings is 2. The molecule has 0 aliphatic carbocycles. The molecular weight excluding hydrogens is 322 g/mol. The van der Waals surface area contributed by atoms with Crippen molar-refractivity contribution < 1.29 is 22.3 Å². The Labute approximate surface area is 126 Å². The fourth-order valence-electron chi connectivity index (χ4n) is 1.93. The number of hydrogen-bond acceptors (Lipinski definition) is 2. The van der Waals surface area contributed by atoms with Gasteiger partial charge in [0, 0.05) is 22.7 Å². The summed E-state index contributed by atoms with van der Waals surface area (Å²) in [6.07, 6.45) is 1.32. The summed E-state index contributed by atoms with van der Waals surface area (Å²) >= 11 is 5.82. The van der Waals surface area contributed by atoms with Gasteiger partial charge in [0.05, 0.1) is 5.52 Å². The van der Waals surface area contributed by atoms with E-state index >= 15 is 0 Å². The van der Waals surface area contributed by atoms with Crippen LogP contribution in [-0.2, 0) is 0 Å². The van der Waals surface area contributed by atoms with E-state index in [2.05, 4.69) is 4.98 Å². The van der Waals surface area contributed by atoms with Crippen LogP contribution in [0.25, 0.3) is 10.9 Å². The van der Waals surface area contributed by atoms with E-state index in [4.69, 9.17) is 16.3 Å². The summed E-state index contributed by atoms with van der Waals surface area (Å²) in [5.41, 5.74) is 0.405. The van der Waals surface area contributed by atoms with E-state index in [1.54, 1.807) is 0 Å². The molecule has 0 saturated heterocycles. The molecule has 1 aromatic heterocycles. The molecular formula is C15H6ClF4NO. The Balaban J connectivity index is 2.15. The molecule has 0 amide bonds. The predicted octanol–water partition coefficient (Wildman–Crippen LogP) is 5.24. The van der Waals surface area contributed by atoms with E-state index in [9.17, 15) is 17.6 Å². The van der Waals surface area contributed by atoms with Crippen LogP contribution in [0.3, 0.4) is 0 Å². The highest BCUT2D eigenvalue weighted by atomic mass is 35.5. The van der Waals surface area contributed by atoms with Crippen LogP contribution in [0.5, 0.6) is 11.5 Å². The zero-order chi connectivity index (χ0) is 15.9. The van der Waals surface area contributed by atoms with Crippen molar-refractivity contribution >= 4 is 22.5 Å². The minimum Gasteiger partial charge on any atom is -0.450 e. The molecule has 3 rings (SSSR count). The lowest BCUT2D eigenvalue weighted by molar-refractivity contribution is 0.368. The largest absolute Gasteiger partial charge is 0.450 e. The second kappa shape index (κ2) is 5.46. The number of nitrogens with zero attached hydrogens (tertiary/aromatic N) is 1. The fourth-order valence-corrected chi connectivity index (χ4v) is 2.10. The average Bonchev–Trinajstić information content (AvgIpc) is 2.49. The van der Waals surface area contributed by atoms with Crippen LogP contribution in [-0.4, -0.2) is 4.98 Å². The van der Waals surface area contributed by atoms with E-state index in [1.807, 2.05) is 0 Å². The van der Waals surface area contributed by atoms with Gasteiger partial charge in [0.25, 0.3) is 0 Å². The molecule has 22 heavy (non-hydrogen) atoms. The zero-order valence-electron chi connectivity index (χ0n) is 10.7. The number of hydrogen-bond donors (Lipinski definition) is 0. The zero-order valence-corrected chi connectivity index (χ0v) is 11.5. The van der Waals surface area contributed by atoms with Crippen molar-refractivity contribution in [3.05, 3.63) is 64.8 Å². The summed E-state index contributed by atoms with van der Waals surface area (Å²) in [7, 11) is 0. The van der Waals surface area contributed by atoms with Gasteiger partial charge in [-0.2, -0.15) is 8.78 Å². The second-order valence-electron chi connectivity index (χ2n) is 4.37. The lowest BCUT2D eigenvalue weighted by Crippen LogP contribution is -1.99. The van der Waals surface area contributed by atoms with Crippen LogP contribution in [0, 0.1) is 23.3 Å². The molecule has 2 nitrogen and oxygen atoms in total. The topological polar surface area (TPSA) is 22.1 Å². The van der Waals surface area contributed by atoms with Crippen molar-refractivity contribution in [1.29, 1.82) is 0 Å². The number of aromatic nitrogens is 1. The van der Waals surface area contributed by atoms with Gasteiger partial charge in [0.1, 0.15) is 5.75 Å². The second-order valence-corrected chi connectivity index (χ2v) is 4.81. The van der Waals surface area contributed by atoms with Crippen molar-refractivity contribution in [3.8, 4) is 11.5 Å². The molecule has 1 heterocycles. The highest BCUT2D eigenvalue weighted by Crippen LogP contribution is 2.34. The first-order valence-corrected chi connectivity index (χ1v) is 6.40. The Morgan fingerprint density at radius 3 is 2.27 bits per heavy atom. The molecule has 0 aliphatic heterocycles. The average molecular weight is 328 g/mol. The first kappa shape index (κ1) is 14.6. The Morgan fingerprint density at radius 1 is 0.909 bits per heavy atom. The number of halogens is 5. The standard InChI is InChI=1S/C15H6ClF4NO/c16-7-1-2-8-11(5-7)21-4-3-12(8)22-15-13(19)9(17)6-10(18)14(15)20/h1-6H. The first-order chi connectivity index (χ1) is 10.5. The highest BCUT2D eigenvalue weighted by molar-refractivity contribution is 6.31. The summed E-state index contributed by atoms with van der Waals surface area (Å²) in [5.74, 6) is -7.48. The predicted molar refractivity (Wildman–Crippen MR) is 73.1 cm³/mol. The monoisotopic (exact) mass is 327 g/mol. The number of rotatable bonds is 2. The summed E-state index contributed by atoms with van der Waals surface area (Å²) in [4.78, 5) is 4.02. The minimum atomic E-state index is -1.61. The van der Waals surface area contributed by atoms with Crippen molar-refractivity contribution in [3.63, 3.8) is 0 Å². The molecule has 7 heteroatoms. The first-order valence-electron chi connectivity index (χ1n) is 6.02. The molecule has 0 aliphatic rings. The lowest BCUT2D eigenvalue weighted by atomic mass is 10.2. The van der Waals surface area contributed by atoms with Gasteiger partial charge in [-0.05, 0) is 24.3 Å². The molecule has 3 aromatic rings. The van der Waals surface area contributed by atoms with Crippen molar-refractivity contribution in [1.82, 2.24) is 4.98 Å². The van der Waals surface area contributed by atoms with Gasteiger partial charge >= 0.3 is 0 Å². The molecule has 0 fully saturated rings. The fraction of sp³-hybridized carbons (Fsp3) is 0. The van der Waals surface area contributed by atoms with E-state index in [1.165, 1.54) is 30.5 Å². The summed E-state index contributed by atoms with van der Waals surface area (Å²) < 4.78 is 58.7. The van der Waals surface area contributed by atoms with Gasteiger partial charge in [-0.1, -0.05) is 11.6 Å². The Morgan fingerprint density at radius 2 is 1.59 bits per heavy atom. The molecule has 0 N–H and O–H groups in total. The smallest absolute Gasteiger partial charge is 0.204 e. The Kier molecular flexibility index (Phi) is 3.62. The van der Waals surface area contributed by atoms with Crippen LogP contribution < -0.4 is 4.74 Å². The molecule has 0 saturated carbocycles. The van der Waals surface area contributed by atoms with E-state index < -0.39 is 29.0 Å². The summed E-state index contributed by atoms with van der Waals surface area (Å²) in [5, 5.41) is 0.793. The molecule has 0 unspecified atom stereocenters. The highest BCUT2D eigenvalue weighted by Gasteiger charge is 2.22. The molecule has 0 radical (unpaired) electrons. The minimum absolute atomic E-state index is 0.00975. The third-order valence-corrected chi connectivity index (χ3v) is 3.18. The third-order valence-electron chi connectivity index (χ3n) is 2.95. The van der Waals surface area contributed by atoms with Gasteiger partial charge < -0.3 is 4.74 Å².